The number of ether oxygens (including phenoxy) is 2. The molecule has 0 spiro atoms. The molecule has 10 nitrogen and oxygen atoms in total. The number of phosphoric ester groups is 1. The Bertz CT molecular complexity index is 848. The van der Waals surface area contributed by atoms with E-state index in [-0.39, 0.29) is 12.8 Å². The van der Waals surface area contributed by atoms with E-state index >= 15 is 0 Å². The number of allylic oxidation sites excluding steroid dienone is 4. The largest absolute Gasteiger partial charge is 0.472 e. The molecule has 11 heteroatoms. The zero-order valence-electron chi connectivity index (χ0n) is 29.5. The van der Waals surface area contributed by atoms with E-state index in [0.717, 1.165) is 51.4 Å². The van der Waals surface area contributed by atoms with E-state index in [1.54, 1.807) is 0 Å². The molecule has 3 atom stereocenters. The molecule has 0 saturated heterocycles. The number of aliphatic hydroxyl groups is 2. The summed E-state index contributed by atoms with van der Waals surface area (Å²) < 4.78 is 32.3. The predicted molar refractivity (Wildman–Crippen MR) is 187 cm³/mol. The highest BCUT2D eigenvalue weighted by molar-refractivity contribution is 7.47. The summed E-state index contributed by atoms with van der Waals surface area (Å²) in [5.74, 6) is -1.03. The van der Waals surface area contributed by atoms with Crippen molar-refractivity contribution >= 4 is 19.8 Å². The monoisotopic (exact) mass is 690 g/mol. The maximum absolute atomic E-state index is 12.3. The first-order valence-electron chi connectivity index (χ1n) is 18.3. The molecule has 47 heavy (non-hydrogen) atoms. The van der Waals surface area contributed by atoms with E-state index in [1.165, 1.54) is 64.2 Å². The predicted octanol–water partition coefficient (Wildman–Crippen LogP) is 8.66. The van der Waals surface area contributed by atoms with E-state index < -0.39 is 58.4 Å². The van der Waals surface area contributed by atoms with Crippen LogP contribution >= 0.6 is 7.82 Å². The van der Waals surface area contributed by atoms with Crippen LogP contribution in [0.2, 0.25) is 0 Å². The van der Waals surface area contributed by atoms with Gasteiger partial charge in [-0.3, -0.25) is 18.6 Å². The molecule has 3 unspecified atom stereocenters. The molecule has 0 bridgehead atoms. The van der Waals surface area contributed by atoms with E-state index in [4.69, 9.17) is 18.5 Å². The van der Waals surface area contributed by atoms with Crippen LogP contribution in [0.5, 0.6) is 0 Å². The lowest BCUT2D eigenvalue weighted by Gasteiger charge is -2.20. The summed E-state index contributed by atoms with van der Waals surface area (Å²) in [6.07, 6.45) is 28.9. The van der Waals surface area contributed by atoms with Crippen LogP contribution in [0.25, 0.3) is 0 Å². The first-order chi connectivity index (χ1) is 22.8. The van der Waals surface area contributed by atoms with Crippen molar-refractivity contribution in [1.82, 2.24) is 0 Å². The summed E-state index contributed by atoms with van der Waals surface area (Å²) >= 11 is 0. The summed E-state index contributed by atoms with van der Waals surface area (Å²) in [6, 6.07) is 0. The minimum atomic E-state index is -4.62. The number of carbonyl (C=O) groups excluding carboxylic acids is 2. The SMILES string of the molecule is CCCCC/C=C\C/C=C\CCCCCCCCCC(=O)OC(CO)COP(=O)(O)OCC(CO)OC(=O)CCCCCCCCC. The molecule has 3 N–H and O–H groups in total. The van der Waals surface area contributed by atoms with Gasteiger partial charge in [0.15, 0.2) is 0 Å². The van der Waals surface area contributed by atoms with E-state index in [0.29, 0.717) is 12.8 Å². The number of hydrogen-bond donors (Lipinski definition) is 3. The van der Waals surface area contributed by atoms with Gasteiger partial charge in [0, 0.05) is 12.8 Å². The summed E-state index contributed by atoms with van der Waals surface area (Å²) in [5.41, 5.74) is 0. The standard InChI is InChI=1S/C36H67O10P/c1-3-5-7-9-11-12-13-14-15-16-17-18-19-20-22-24-26-28-36(40)46-34(30-38)32-44-47(41,42)43-31-33(29-37)45-35(39)27-25-23-21-10-8-6-4-2/h11-12,14-15,33-34,37-38H,3-10,13,16-32H2,1-2H3,(H,41,42)/b12-11-,15-14-. The lowest BCUT2D eigenvalue weighted by Crippen LogP contribution is -2.28. The van der Waals surface area contributed by atoms with Crippen LogP contribution in [-0.4, -0.2) is 65.7 Å². The van der Waals surface area contributed by atoms with E-state index in [2.05, 4.69) is 38.2 Å². The van der Waals surface area contributed by atoms with Crippen molar-refractivity contribution in [2.75, 3.05) is 26.4 Å². The van der Waals surface area contributed by atoms with Crippen molar-refractivity contribution in [3.8, 4) is 0 Å². The quantitative estimate of drug-likeness (QED) is 0.0259. The van der Waals surface area contributed by atoms with Crippen LogP contribution in [0, 0.1) is 0 Å². The molecule has 0 amide bonds. The summed E-state index contributed by atoms with van der Waals surface area (Å²) in [6.45, 7) is 2.10. The summed E-state index contributed by atoms with van der Waals surface area (Å²) in [5, 5.41) is 19.0. The number of phosphoric acid groups is 1. The second-order valence-electron chi connectivity index (χ2n) is 12.2. The minimum Gasteiger partial charge on any atom is -0.457 e. The van der Waals surface area contributed by atoms with Crippen LogP contribution < -0.4 is 0 Å². The fraction of sp³-hybridized carbons (Fsp3) is 0.833. The van der Waals surface area contributed by atoms with Gasteiger partial charge in [-0.15, -0.1) is 0 Å². The van der Waals surface area contributed by atoms with Gasteiger partial charge in [-0.2, -0.15) is 0 Å². The Morgan fingerprint density at radius 1 is 0.574 bits per heavy atom. The van der Waals surface area contributed by atoms with Crippen molar-refractivity contribution in [2.24, 2.45) is 0 Å². The zero-order valence-corrected chi connectivity index (χ0v) is 30.4. The second-order valence-corrected chi connectivity index (χ2v) is 13.7. The van der Waals surface area contributed by atoms with Gasteiger partial charge in [0.05, 0.1) is 26.4 Å². The van der Waals surface area contributed by atoms with Crippen molar-refractivity contribution in [2.45, 2.75) is 167 Å². The molecule has 0 aliphatic carbocycles. The first kappa shape index (κ1) is 45.5. The Balaban J connectivity index is 3.97. The van der Waals surface area contributed by atoms with E-state index in [1.807, 2.05) is 0 Å². The average molecular weight is 691 g/mol. The summed E-state index contributed by atoms with van der Waals surface area (Å²) in [4.78, 5) is 34.2. The fourth-order valence-corrected chi connectivity index (χ4v) is 5.57. The number of unbranched alkanes of at least 4 members (excludes halogenated alkanes) is 16. The summed E-state index contributed by atoms with van der Waals surface area (Å²) in [7, 11) is -4.62. The van der Waals surface area contributed by atoms with Crippen molar-refractivity contribution in [3.05, 3.63) is 24.3 Å². The number of aliphatic hydroxyl groups excluding tert-OH is 2. The lowest BCUT2D eigenvalue weighted by molar-refractivity contribution is -0.153. The van der Waals surface area contributed by atoms with Crippen molar-refractivity contribution in [3.63, 3.8) is 0 Å². The van der Waals surface area contributed by atoms with Crippen LogP contribution in [0.4, 0.5) is 0 Å². The molecule has 276 valence electrons. The minimum absolute atomic E-state index is 0.185. The molecule has 0 radical (unpaired) electrons. The van der Waals surface area contributed by atoms with Crippen LogP contribution in [0.15, 0.2) is 24.3 Å². The smallest absolute Gasteiger partial charge is 0.457 e. The first-order valence-corrected chi connectivity index (χ1v) is 19.8. The molecule has 0 aromatic heterocycles. The van der Waals surface area contributed by atoms with Crippen LogP contribution in [-0.2, 0) is 32.7 Å². The van der Waals surface area contributed by atoms with Gasteiger partial charge in [0.1, 0.15) is 12.2 Å². The molecule has 0 heterocycles. The number of hydrogen-bond acceptors (Lipinski definition) is 9. The van der Waals surface area contributed by atoms with Gasteiger partial charge < -0.3 is 24.6 Å². The van der Waals surface area contributed by atoms with Gasteiger partial charge in [0.2, 0.25) is 0 Å². The number of esters is 2. The van der Waals surface area contributed by atoms with E-state index in [9.17, 15) is 29.3 Å². The van der Waals surface area contributed by atoms with Gasteiger partial charge in [-0.25, -0.2) is 4.57 Å². The Morgan fingerprint density at radius 3 is 1.36 bits per heavy atom. The molecule has 0 fully saturated rings. The lowest BCUT2D eigenvalue weighted by atomic mass is 10.1. The molecule has 0 rings (SSSR count). The Morgan fingerprint density at radius 2 is 0.936 bits per heavy atom. The third-order valence-corrected chi connectivity index (χ3v) is 8.62. The molecule has 0 aromatic carbocycles. The van der Waals surface area contributed by atoms with Gasteiger partial charge in [0.25, 0.3) is 0 Å². The Labute approximate surface area is 285 Å². The van der Waals surface area contributed by atoms with Gasteiger partial charge in [-0.05, 0) is 44.9 Å². The number of carbonyl (C=O) groups is 2. The Hall–Kier alpha value is -1.55. The number of rotatable bonds is 34. The van der Waals surface area contributed by atoms with Crippen LogP contribution in [0.3, 0.4) is 0 Å². The average Bonchev–Trinajstić information content (AvgIpc) is 3.05. The Kier molecular flexibility index (Phi) is 31.9. The molecule has 0 saturated carbocycles. The normalized spacial score (nSPS) is 14.4. The van der Waals surface area contributed by atoms with Crippen LogP contribution in [0.1, 0.15) is 155 Å². The fourth-order valence-electron chi connectivity index (χ4n) is 4.79. The molecular weight excluding hydrogens is 623 g/mol. The van der Waals surface area contributed by atoms with Gasteiger partial charge in [-0.1, -0.05) is 122 Å². The zero-order chi connectivity index (χ0) is 34.9. The third-order valence-electron chi connectivity index (χ3n) is 7.67. The molecule has 0 aliphatic heterocycles. The molecule has 0 aromatic rings. The highest BCUT2D eigenvalue weighted by atomic mass is 31.2. The van der Waals surface area contributed by atoms with Crippen molar-refractivity contribution < 1.29 is 47.8 Å². The maximum atomic E-state index is 12.3. The molecular formula is C36H67O10P. The maximum Gasteiger partial charge on any atom is 0.472 e. The van der Waals surface area contributed by atoms with Crippen molar-refractivity contribution in [1.29, 1.82) is 0 Å². The topological polar surface area (TPSA) is 149 Å². The third kappa shape index (κ3) is 31.5. The molecule has 0 aliphatic rings. The highest BCUT2D eigenvalue weighted by Crippen LogP contribution is 2.43. The highest BCUT2D eigenvalue weighted by Gasteiger charge is 2.27. The second kappa shape index (κ2) is 33.0. The van der Waals surface area contributed by atoms with Gasteiger partial charge >= 0.3 is 19.8 Å².